The second-order valence-electron chi connectivity index (χ2n) is 6.93. The Kier molecular flexibility index (Phi) is 5.62. The molecule has 1 N–H and O–H groups in total. The van der Waals surface area contributed by atoms with Gasteiger partial charge in [0.05, 0.1) is 24.5 Å². The van der Waals surface area contributed by atoms with Crippen LogP contribution in [0, 0.1) is 5.82 Å². The highest BCUT2D eigenvalue weighted by atomic mass is 19.1. The molecule has 3 aromatic rings. The number of halogens is 2. The normalized spacial score (nSPS) is 16.4. The van der Waals surface area contributed by atoms with Crippen molar-refractivity contribution < 1.29 is 18.3 Å². The van der Waals surface area contributed by atoms with Crippen molar-refractivity contribution in [2.45, 2.75) is 13.0 Å². The lowest BCUT2D eigenvalue weighted by Crippen LogP contribution is -2.41. The van der Waals surface area contributed by atoms with Crippen LogP contribution in [-0.4, -0.2) is 47.0 Å². The molecule has 7 nitrogen and oxygen atoms in total. The van der Waals surface area contributed by atoms with Crippen LogP contribution >= 0.6 is 0 Å². The Morgan fingerprint density at radius 2 is 2.00 bits per heavy atom. The Morgan fingerprint density at radius 3 is 2.73 bits per heavy atom. The highest BCUT2D eigenvalue weighted by Gasteiger charge is 2.19. The molecule has 0 radical (unpaired) electrons. The van der Waals surface area contributed by atoms with Gasteiger partial charge >= 0.3 is 6.04 Å². The predicted molar refractivity (Wildman–Crippen MR) is 108 cm³/mol. The number of anilines is 3. The summed E-state index contributed by atoms with van der Waals surface area (Å²) in [5, 5.41) is 10.8. The van der Waals surface area contributed by atoms with Gasteiger partial charge in [0.1, 0.15) is 5.82 Å². The average molecular weight is 411 g/mol. The Bertz CT molecular complexity index is 1060. The fourth-order valence-electron chi connectivity index (χ4n) is 3.22. The number of morpholine rings is 1. The van der Waals surface area contributed by atoms with Gasteiger partial charge in [0.25, 0.3) is 0 Å². The predicted octanol–water partition coefficient (Wildman–Crippen LogP) is 3.76. The van der Waals surface area contributed by atoms with E-state index in [0.29, 0.717) is 42.5 Å². The molecule has 0 aliphatic carbocycles. The molecule has 154 valence electrons. The van der Waals surface area contributed by atoms with Crippen LogP contribution in [0.25, 0.3) is 11.1 Å². The van der Waals surface area contributed by atoms with Crippen LogP contribution in [0.3, 0.4) is 0 Å². The summed E-state index contributed by atoms with van der Waals surface area (Å²) >= 11 is 0. The first-order valence-electron chi connectivity index (χ1n) is 9.43. The second kappa shape index (κ2) is 8.50. The van der Waals surface area contributed by atoms with Gasteiger partial charge in [0, 0.05) is 18.7 Å². The van der Waals surface area contributed by atoms with Crippen LogP contribution < -0.4 is 10.2 Å². The standard InChI is InChI=1S/C21H19F2N5O2/c1-13-12-28(8-9-30-13)19-7-6-17(22)21(26-19)25-18-10-16(11-24-27-18)14-2-4-15(5-3-14)20(23)29/h2-7,10-11,13H,8-9,12H2,1H3,(H,25,26,27). The molecule has 1 unspecified atom stereocenters. The number of hydrogen-bond acceptors (Lipinski definition) is 7. The highest BCUT2D eigenvalue weighted by molar-refractivity contribution is 5.89. The van der Waals surface area contributed by atoms with Crippen molar-refractivity contribution in [3.05, 3.63) is 60.0 Å². The van der Waals surface area contributed by atoms with E-state index in [9.17, 15) is 13.6 Å². The van der Waals surface area contributed by atoms with E-state index in [1.165, 1.54) is 24.4 Å². The number of ether oxygens (including phenoxy) is 1. The van der Waals surface area contributed by atoms with E-state index in [4.69, 9.17) is 4.74 Å². The largest absolute Gasteiger partial charge is 0.375 e. The van der Waals surface area contributed by atoms with E-state index in [1.807, 2.05) is 11.8 Å². The fraction of sp³-hybridized carbons (Fsp3) is 0.238. The molecule has 0 bridgehead atoms. The first-order chi connectivity index (χ1) is 14.5. The average Bonchev–Trinajstić information content (AvgIpc) is 2.75. The molecule has 2 aromatic heterocycles. The number of benzene rings is 1. The van der Waals surface area contributed by atoms with Crippen molar-refractivity contribution in [3.63, 3.8) is 0 Å². The molecule has 1 atom stereocenters. The Morgan fingerprint density at radius 1 is 1.20 bits per heavy atom. The van der Waals surface area contributed by atoms with Gasteiger partial charge in [-0.25, -0.2) is 9.37 Å². The third kappa shape index (κ3) is 4.41. The van der Waals surface area contributed by atoms with Crippen LogP contribution in [0.4, 0.5) is 26.2 Å². The quantitative estimate of drug-likeness (QED) is 0.641. The summed E-state index contributed by atoms with van der Waals surface area (Å²) in [5.41, 5.74) is 1.35. The van der Waals surface area contributed by atoms with E-state index in [1.54, 1.807) is 24.3 Å². The summed E-state index contributed by atoms with van der Waals surface area (Å²) in [6.45, 7) is 3.91. The van der Waals surface area contributed by atoms with E-state index in [2.05, 4.69) is 20.5 Å². The smallest absolute Gasteiger partial charge is 0.332 e. The first-order valence-corrected chi connectivity index (χ1v) is 9.43. The number of aromatic nitrogens is 3. The van der Waals surface area contributed by atoms with Crippen molar-refractivity contribution in [1.29, 1.82) is 0 Å². The molecule has 0 spiro atoms. The molecule has 1 aliphatic heterocycles. The summed E-state index contributed by atoms with van der Waals surface area (Å²) < 4.78 is 32.7. The number of nitrogens with one attached hydrogen (secondary N) is 1. The van der Waals surface area contributed by atoms with Crippen LogP contribution in [0.5, 0.6) is 0 Å². The second-order valence-corrected chi connectivity index (χ2v) is 6.93. The number of hydrogen-bond donors (Lipinski definition) is 1. The van der Waals surface area contributed by atoms with E-state index in [0.717, 1.165) is 0 Å². The summed E-state index contributed by atoms with van der Waals surface area (Å²) in [6, 6.07) is 9.15. The van der Waals surface area contributed by atoms with E-state index >= 15 is 0 Å². The van der Waals surface area contributed by atoms with Gasteiger partial charge in [-0.2, -0.15) is 9.49 Å². The monoisotopic (exact) mass is 411 g/mol. The number of carbonyl (C=O) groups is 1. The lowest BCUT2D eigenvalue weighted by atomic mass is 10.1. The van der Waals surface area contributed by atoms with Gasteiger partial charge in [0.15, 0.2) is 17.5 Å². The molecule has 1 aliphatic rings. The summed E-state index contributed by atoms with van der Waals surface area (Å²) in [6.07, 6.45) is 1.59. The lowest BCUT2D eigenvalue weighted by Gasteiger charge is -2.32. The van der Waals surface area contributed by atoms with Crippen molar-refractivity contribution in [2.75, 3.05) is 29.9 Å². The van der Waals surface area contributed by atoms with Gasteiger partial charge in [-0.05, 0) is 42.8 Å². The Hall–Kier alpha value is -3.46. The summed E-state index contributed by atoms with van der Waals surface area (Å²) in [5.74, 6) is 0.469. The van der Waals surface area contributed by atoms with Gasteiger partial charge in [0.2, 0.25) is 0 Å². The van der Waals surface area contributed by atoms with Crippen molar-refractivity contribution in [1.82, 2.24) is 15.2 Å². The van der Waals surface area contributed by atoms with Gasteiger partial charge < -0.3 is 15.0 Å². The van der Waals surface area contributed by atoms with Crippen molar-refractivity contribution in [2.24, 2.45) is 0 Å². The zero-order chi connectivity index (χ0) is 21.1. The molecule has 0 amide bonds. The molecule has 9 heteroatoms. The van der Waals surface area contributed by atoms with Crippen LogP contribution in [0.2, 0.25) is 0 Å². The highest BCUT2D eigenvalue weighted by Crippen LogP contribution is 2.25. The molecule has 1 saturated heterocycles. The number of carbonyl (C=O) groups excluding carboxylic acids is 1. The zero-order valence-electron chi connectivity index (χ0n) is 16.2. The number of nitrogens with zero attached hydrogens (tertiary/aromatic N) is 4. The number of rotatable bonds is 5. The molecule has 0 saturated carbocycles. The molecule has 1 aromatic carbocycles. The Balaban J connectivity index is 1.56. The Labute approximate surface area is 171 Å². The van der Waals surface area contributed by atoms with Crippen LogP contribution in [0.15, 0.2) is 48.7 Å². The minimum Gasteiger partial charge on any atom is -0.375 e. The third-order valence-electron chi connectivity index (χ3n) is 4.74. The fourth-order valence-corrected chi connectivity index (χ4v) is 3.22. The van der Waals surface area contributed by atoms with Crippen LogP contribution in [-0.2, 0) is 4.74 Å². The maximum Gasteiger partial charge on any atom is 0.332 e. The van der Waals surface area contributed by atoms with Gasteiger partial charge in [-0.1, -0.05) is 12.1 Å². The molecule has 4 rings (SSSR count). The van der Waals surface area contributed by atoms with Gasteiger partial charge in [-0.15, -0.1) is 5.10 Å². The molecule has 3 heterocycles. The van der Waals surface area contributed by atoms with Crippen LogP contribution in [0.1, 0.15) is 17.3 Å². The maximum absolute atomic E-state index is 14.4. The molecular formula is C21H19F2N5O2. The SMILES string of the molecule is CC1CN(c2ccc(F)c(Nc3cc(-c4ccc(C(=O)F)cc4)cnn3)n2)CCO1. The lowest BCUT2D eigenvalue weighted by molar-refractivity contribution is 0.0529. The van der Waals surface area contributed by atoms with E-state index < -0.39 is 11.9 Å². The summed E-state index contributed by atoms with van der Waals surface area (Å²) in [7, 11) is 0. The molecular weight excluding hydrogens is 392 g/mol. The number of pyridine rings is 1. The topological polar surface area (TPSA) is 80.2 Å². The minimum atomic E-state index is -1.49. The van der Waals surface area contributed by atoms with Crippen molar-refractivity contribution >= 4 is 23.5 Å². The third-order valence-corrected chi connectivity index (χ3v) is 4.74. The summed E-state index contributed by atoms with van der Waals surface area (Å²) in [4.78, 5) is 17.2. The minimum absolute atomic E-state index is 0.0281. The molecule has 30 heavy (non-hydrogen) atoms. The molecule has 1 fully saturated rings. The van der Waals surface area contributed by atoms with E-state index in [-0.39, 0.29) is 17.5 Å². The van der Waals surface area contributed by atoms with Gasteiger partial charge in [-0.3, -0.25) is 4.79 Å². The van der Waals surface area contributed by atoms with Crippen molar-refractivity contribution in [3.8, 4) is 11.1 Å². The first kappa shape index (κ1) is 19.8. The maximum atomic E-state index is 14.4. The zero-order valence-corrected chi connectivity index (χ0v) is 16.2.